The average Bonchev–Trinajstić information content (AvgIpc) is 2.49. The van der Waals surface area contributed by atoms with Crippen molar-refractivity contribution in [3.63, 3.8) is 0 Å². The molecule has 1 atom stereocenters. The summed E-state index contributed by atoms with van der Waals surface area (Å²) in [6, 6.07) is 5.92. The van der Waals surface area contributed by atoms with E-state index >= 15 is 0 Å². The van der Waals surface area contributed by atoms with E-state index < -0.39 is 0 Å². The Hall–Kier alpha value is -1.13. The molecule has 0 aliphatic carbocycles. The fourth-order valence-corrected chi connectivity index (χ4v) is 2.92. The van der Waals surface area contributed by atoms with Crippen LogP contribution in [0.25, 0.3) is 0 Å². The molecule has 0 N–H and O–H groups in total. The van der Waals surface area contributed by atoms with Gasteiger partial charge in [0.05, 0.1) is 11.6 Å². The highest BCUT2D eigenvalue weighted by Crippen LogP contribution is 2.30. The van der Waals surface area contributed by atoms with Crippen LogP contribution in [-0.2, 0) is 4.79 Å². The minimum Gasteiger partial charge on any atom is -0.492 e. The van der Waals surface area contributed by atoms with Gasteiger partial charge in [-0.1, -0.05) is 11.6 Å². The number of amides is 1. The molecule has 21 heavy (non-hydrogen) atoms. The average molecular weight is 331 g/mol. The molecule has 0 aromatic heterocycles. The van der Waals surface area contributed by atoms with E-state index in [0.29, 0.717) is 23.9 Å². The fraction of sp³-hybridized carbons (Fsp3) is 0.533. The largest absolute Gasteiger partial charge is 0.492 e. The summed E-state index contributed by atoms with van der Waals surface area (Å²) in [4.78, 5) is 15.8. The number of ether oxygens (including phenoxy) is 1. The molecule has 0 unspecified atom stereocenters. The molecular weight excluding hydrogens is 311 g/mol. The molecule has 1 fully saturated rings. The van der Waals surface area contributed by atoms with Crippen molar-refractivity contribution in [2.45, 2.75) is 19.9 Å². The van der Waals surface area contributed by atoms with Crippen molar-refractivity contribution < 1.29 is 9.53 Å². The van der Waals surface area contributed by atoms with Gasteiger partial charge in [-0.2, -0.15) is 0 Å². The van der Waals surface area contributed by atoms with Crippen molar-refractivity contribution in [3.05, 3.63) is 23.2 Å². The van der Waals surface area contributed by atoms with Crippen molar-refractivity contribution in [3.8, 4) is 5.75 Å². The maximum Gasteiger partial charge on any atom is 0.237 e. The van der Waals surface area contributed by atoms with Crippen molar-refractivity contribution in [1.82, 2.24) is 4.90 Å². The number of hydrogen-bond acceptors (Lipinski definition) is 3. The van der Waals surface area contributed by atoms with E-state index in [9.17, 15) is 4.79 Å². The monoisotopic (exact) mass is 330 g/mol. The minimum atomic E-state index is -0.00470. The lowest BCUT2D eigenvalue weighted by Gasteiger charge is -2.40. The van der Waals surface area contributed by atoms with Gasteiger partial charge in [0.1, 0.15) is 11.6 Å². The first-order valence-corrected chi connectivity index (χ1v) is 8.00. The third kappa shape index (κ3) is 3.74. The molecule has 0 saturated carbocycles. The summed E-state index contributed by atoms with van der Waals surface area (Å²) in [5.41, 5.74) is 1.06. The van der Waals surface area contributed by atoms with Crippen LogP contribution >= 0.6 is 23.2 Å². The van der Waals surface area contributed by atoms with E-state index in [4.69, 9.17) is 27.9 Å². The highest BCUT2D eigenvalue weighted by atomic mass is 35.5. The lowest BCUT2D eigenvalue weighted by Crippen LogP contribution is -2.54. The Bertz CT molecular complexity index is 510. The fourth-order valence-electron chi connectivity index (χ4n) is 2.59. The molecule has 0 spiro atoms. The molecule has 1 saturated heterocycles. The molecule has 2 rings (SSSR count). The maximum absolute atomic E-state index is 11.7. The molecule has 1 aliphatic heterocycles. The van der Waals surface area contributed by atoms with Crippen LogP contribution < -0.4 is 9.64 Å². The topological polar surface area (TPSA) is 32.8 Å². The highest BCUT2D eigenvalue weighted by molar-refractivity contribution is 6.32. The molecule has 1 aliphatic rings. The number of benzene rings is 1. The number of nitrogens with zero attached hydrogens (tertiary/aromatic N) is 2. The summed E-state index contributed by atoms with van der Waals surface area (Å²) in [7, 11) is 0. The summed E-state index contributed by atoms with van der Waals surface area (Å²) in [5, 5.41) is 0.615. The Balaban J connectivity index is 2.10. The van der Waals surface area contributed by atoms with Gasteiger partial charge < -0.3 is 14.5 Å². The molecule has 0 bridgehead atoms. The van der Waals surface area contributed by atoms with Gasteiger partial charge in [0, 0.05) is 37.4 Å². The van der Waals surface area contributed by atoms with Gasteiger partial charge in [0.15, 0.2) is 0 Å². The summed E-state index contributed by atoms with van der Waals surface area (Å²) < 4.78 is 5.53. The third-order valence-electron chi connectivity index (χ3n) is 3.64. The number of rotatable bonds is 4. The number of anilines is 1. The Kier molecular flexibility index (Phi) is 5.59. The van der Waals surface area contributed by atoms with Gasteiger partial charge in [-0.3, -0.25) is 4.79 Å². The molecule has 0 radical (unpaired) electrons. The quantitative estimate of drug-likeness (QED) is 0.795. The van der Waals surface area contributed by atoms with E-state index in [2.05, 4.69) is 4.90 Å². The van der Waals surface area contributed by atoms with Crippen LogP contribution in [0.3, 0.4) is 0 Å². The number of piperazine rings is 1. The summed E-state index contributed by atoms with van der Waals surface area (Å²) >= 11 is 11.8. The van der Waals surface area contributed by atoms with Gasteiger partial charge in [-0.25, -0.2) is 0 Å². The van der Waals surface area contributed by atoms with Gasteiger partial charge in [-0.15, -0.1) is 11.6 Å². The first kappa shape index (κ1) is 16.2. The van der Waals surface area contributed by atoms with Crippen LogP contribution in [0.4, 0.5) is 5.69 Å². The zero-order valence-electron chi connectivity index (χ0n) is 12.3. The molecule has 1 heterocycles. The first-order chi connectivity index (χ1) is 10.1. The van der Waals surface area contributed by atoms with E-state index in [-0.39, 0.29) is 17.8 Å². The number of alkyl halides is 1. The molecule has 1 aromatic rings. The van der Waals surface area contributed by atoms with Gasteiger partial charge in [0.25, 0.3) is 0 Å². The predicted octanol–water partition coefficient (Wildman–Crippen LogP) is 3.01. The molecule has 1 amide bonds. The van der Waals surface area contributed by atoms with Crippen LogP contribution in [0.2, 0.25) is 5.02 Å². The van der Waals surface area contributed by atoms with Crippen molar-refractivity contribution in [2.24, 2.45) is 0 Å². The molecule has 116 valence electrons. The Labute approximate surface area is 135 Å². The number of halogens is 2. The van der Waals surface area contributed by atoms with Crippen LogP contribution in [0.5, 0.6) is 5.75 Å². The second-order valence-corrected chi connectivity index (χ2v) is 5.74. The van der Waals surface area contributed by atoms with Crippen LogP contribution in [0.15, 0.2) is 18.2 Å². The lowest BCUT2D eigenvalue weighted by atomic mass is 10.1. The smallest absolute Gasteiger partial charge is 0.237 e. The predicted molar refractivity (Wildman–Crippen MR) is 86.7 cm³/mol. The minimum absolute atomic E-state index is 0.00470. The molecule has 4 nitrogen and oxygen atoms in total. The first-order valence-electron chi connectivity index (χ1n) is 7.09. The van der Waals surface area contributed by atoms with Crippen molar-refractivity contribution in [1.29, 1.82) is 0 Å². The normalized spacial score (nSPS) is 18.8. The van der Waals surface area contributed by atoms with Gasteiger partial charge >= 0.3 is 0 Å². The molecule has 6 heteroatoms. The number of hydrogen-bond donors (Lipinski definition) is 0. The number of carbonyl (C=O) groups excluding carboxylic acids is 1. The second kappa shape index (κ2) is 7.23. The van der Waals surface area contributed by atoms with E-state index in [0.717, 1.165) is 18.8 Å². The van der Waals surface area contributed by atoms with Gasteiger partial charge in [-0.05, 0) is 26.0 Å². The summed E-state index contributed by atoms with van der Waals surface area (Å²) in [6.45, 7) is 6.78. The molecular formula is C15H20Cl2N2O2. The standard InChI is InChI=1S/C15H20Cl2N2O2/c1-3-21-14-8-12(4-5-13(14)17)18-6-7-19(11(2)10-18)15(20)9-16/h4-5,8,11H,3,6-7,9-10H2,1-2H3/t11-/m0/s1. The Morgan fingerprint density at radius 2 is 2.19 bits per heavy atom. The zero-order valence-corrected chi connectivity index (χ0v) is 13.8. The summed E-state index contributed by atoms with van der Waals surface area (Å²) in [5.74, 6) is 0.735. The Morgan fingerprint density at radius 1 is 1.43 bits per heavy atom. The second-order valence-electron chi connectivity index (χ2n) is 5.06. The van der Waals surface area contributed by atoms with Crippen LogP contribution in [0.1, 0.15) is 13.8 Å². The number of carbonyl (C=O) groups is 1. The van der Waals surface area contributed by atoms with Gasteiger partial charge in [0.2, 0.25) is 5.91 Å². The maximum atomic E-state index is 11.7. The Morgan fingerprint density at radius 3 is 2.81 bits per heavy atom. The van der Waals surface area contributed by atoms with E-state index in [1.807, 2.05) is 36.9 Å². The highest BCUT2D eigenvalue weighted by Gasteiger charge is 2.27. The van der Waals surface area contributed by atoms with Crippen LogP contribution in [0, 0.1) is 0 Å². The lowest BCUT2D eigenvalue weighted by molar-refractivity contribution is -0.130. The van der Waals surface area contributed by atoms with E-state index in [1.54, 1.807) is 0 Å². The third-order valence-corrected chi connectivity index (χ3v) is 4.18. The van der Waals surface area contributed by atoms with Crippen molar-refractivity contribution in [2.75, 3.05) is 37.0 Å². The van der Waals surface area contributed by atoms with Crippen LogP contribution in [-0.4, -0.2) is 49.0 Å². The van der Waals surface area contributed by atoms with E-state index in [1.165, 1.54) is 0 Å². The summed E-state index contributed by atoms with van der Waals surface area (Å²) in [6.07, 6.45) is 0. The zero-order chi connectivity index (χ0) is 15.4. The SMILES string of the molecule is CCOc1cc(N2CCN(C(=O)CCl)[C@@H](C)C2)ccc1Cl. The molecule has 1 aromatic carbocycles. The van der Waals surface area contributed by atoms with Crippen molar-refractivity contribution >= 4 is 34.8 Å².